The lowest BCUT2D eigenvalue weighted by molar-refractivity contribution is -0.122. The van der Waals surface area contributed by atoms with Crippen LogP contribution in [0.5, 0.6) is 0 Å². The molecular weight excluding hydrogens is 319 g/mol. The van der Waals surface area contributed by atoms with Crippen molar-refractivity contribution in [2.75, 3.05) is 0 Å². The molecule has 2 aromatic rings. The number of halogens is 3. The number of Topliss-reactive ketones (excluding diaryl/α,β-unsaturated/α-hetero) is 1. The summed E-state index contributed by atoms with van der Waals surface area (Å²) < 4.78 is -2.00. The van der Waals surface area contributed by atoms with Crippen molar-refractivity contribution < 1.29 is 9.90 Å². The number of carbonyl (C=O) groups excluding carboxylic acids is 1. The van der Waals surface area contributed by atoms with Crippen molar-refractivity contribution in [3.8, 4) is 0 Å². The van der Waals surface area contributed by atoms with Crippen LogP contribution in [0.1, 0.15) is 18.9 Å². The summed E-state index contributed by atoms with van der Waals surface area (Å²) >= 11 is 17.7. The van der Waals surface area contributed by atoms with E-state index >= 15 is 0 Å². The SMILES string of the molecule is CC(=O)C[C@@](O)(c1ccc2ccccc2c1)C(Cl)(Cl)Cl. The van der Waals surface area contributed by atoms with E-state index in [0.29, 0.717) is 5.56 Å². The van der Waals surface area contributed by atoms with E-state index in [4.69, 9.17) is 34.8 Å². The van der Waals surface area contributed by atoms with Gasteiger partial charge in [-0.25, -0.2) is 0 Å². The van der Waals surface area contributed by atoms with Crippen LogP contribution in [-0.4, -0.2) is 14.7 Å². The van der Waals surface area contributed by atoms with E-state index in [0.717, 1.165) is 10.8 Å². The Hall–Kier alpha value is -0.800. The Balaban J connectivity index is 2.59. The third-order valence-corrected chi connectivity index (χ3v) is 4.14. The van der Waals surface area contributed by atoms with Gasteiger partial charge in [-0.1, -0.05) is 71.2 Å². The van der Waals surface area contributed by atoms with Gasteiger partial charge in [0.15, 0.2) is 0 Å². The lowest BCUT2D eigenvalue weighted by Gasteiger charge is -2.34. The van der Waals surface area contributed by atoms with Crippen molar-refractivity contribution >= 4 is 51.4 Å². The standard InChI is InChI=1S/C15H13Cl3O2/c1-10(19)9-14(20,15(16,17)18)13-7-6-11-4-2-3-5-12(11)8-13/h2-8,20H,9H2,1H3/t14-/m1/s1. The molecular formula is C15H13Cl3O2. The van der Waals surface area contributed by atoms with E-state index in [1.165, 1.54) is 6.92 Å². The molecule has 0 aliphatic carbocycles. The van der Waals surface area contributed by atoms with Gasteiger partial charge in [-0.2, -0.15) is 0 Å². The molecule has 2 aromatic carbocycles. The summed E-state index contributed by atoms with van der Waals surface area (Å²) in [4.78, 5) is 11.4. The van der Waals surface area contributed by atoms with Crippen LogP contribution >= 0.6 is 34.8 Å². The molecule has 0 unspecified atom stereocenters. The topological polar surface area (TPSA) is 37.3 Å². The van der Waals surface area contributed by atoms with Gasteiger partial charge in [-0.3, -0.25) is 4.79 Å². The monoisotopic (exact) mass is 330 g/mol. The summed E-state index contributed by atoms with van der Waals surface area (Å²) in [6.07, 6.45) is -0.262. The molecule has 0 bridgehead atoms. The number of carbonyl (C=O) groups is 1. The van der Waals surface area contributed by atoms with Crippen molar-refractivity contribution in [2.24, 2.45) is 0 Å². The highest BCUT2D eigenvalue weighted by molar-refractivity contribution is 6.68. The van der Waals surface area contributed by atoms with Crippen molar-refractivity contribution in [3.05, 3.63) is 48.0 Å². The van der Waals surface area contributed by atoms with Crippen LogP contribution < -0.4 is 0 Å². The fourth-order valence-corrected chi connectivity index (χ4v) is 2.70. The molecule has 0 spiro atoms. The highest BCUT2D eigenvalue weighted by Gasteiger charge is 2.49. The number of ketones is 1. The van der Waals surface area contributed by atoms with Crippen LogP contribution in [-0.2, 0) is 10.4 Å². The van der Waals surface area contributed by atoms with Gasteiger partial charge in [0.25, 0.3) is 0 Å². The molecule has 0 saturated heterocycles. The zero-order valence-electron chi connectivity index (χ0n) is 10.7. The molecule has 0 heterocycles. The summed E-state index contributed by atoms with van der Waals surface area (Å²) in [5.41, 5.74) is -1.44. The maximum absolute atomic E-state index is 11.4. The lowest BCUT2D eigenvalue weighted by atomic mass is 9.89. The third kappa shape index (κ3) is 2.94. The highest BCUT2D eigenvalue weighted by atomic mass is 35.6. The molecule has 20 heavy (non-hydrogen) atoms. The molecule has 1 atom stereocenters. The summed E-state index contributed by atoms with van der Waals surface area (Å²) in [7, 11) is 0. The highest BCUT2D eigenvalue weighted by Crippen LogP contribution is 2.47. The molecule has 5 heteroatoms. The Bertz CT molecular complexity index is 649. The Morgan fingerprint density at radius 2 is 1.70 bits per heavy atom. The van der Waals surface area contributed by atoms with Crippen molar-refractivity contribution in [2.45, 2.75) is 22.7 Å². The average Bonchev–Trinajstić information content (AvgIpc) is 2.36. The summed E-state index contributed by atoms with van der Waals surface area (Å²) in [5.74, 6) is -0.257. The summed E-state index contributed by atoms with van der Waals surface area (Å²) in [6.45, 7) is 1.35. The second kappa shape index (κ2) is 5.53. The van der Waals surface area contributed by atoms with Crippen LogP contribution in [0.25, 0.3) is 10.8 Å². The number of aliphatic hydroxyl groups is 1. The van der Waals surface area contributed by atoms with Gasteiger partial charge in [-0.05, 0) is 29.3 Å². The number of hydrogen-bond donors (Lipinski definition) is 1. The maximum atomic E-state index is 11.4. The van der Waals surface area contributed by atoms with Gasteiger partial charge in [0, 0.05) is 6.42 Å². The minimum absolute atomic E-state index is 0.257. The number of benzene rings is 2. The van der Waals surface area contributed by atoms with Gasteiger partial charge in [0.1, 0.15) is 11.4 Å². The Kier molecular flexibility index (Phi) is 4.31. The fourth-order valence-electron chi connectivity index (χ4n) is 2.17. The number of alkyl halides is 3. The Morgan fingerprint density at radius 1 is 1.10 bits per heavy atom. The van der Waals surface area contributed by atoms with Gasteiger partial charge in [0.2, 0.25) is 3.79 Å². The average molecular weight is 332 g/mol. The second-order valence-electron chi connectivity index (χ2n) is 4.80. The van der Waals surface area contributed by atoms with Crippen molar-refractivity contribution in [1.29, 1.82) is 0 Å². The molecule has 0 aromatic heterocycles. The fraction of sp³-hybridized carbons (Fsp3) is 0.267. The quantitative estimate of drug-likeness (QED) is 0.848. The minimum atomic E-state index is -2.00. The molecule has 0 amide bonds. The number of hydrogen-bond acceptors (Lipinski definition) is 2. The van der Waals surface area contributed by atoms with Gasteiger partial charge < -0.3 is 5.11 Å². The van der Waals surface area contributed by atoms with Gasteiger partial charge in [0.05, 0.1) is 0 Å². The van der Waals surface area contributed by atoms with E-state index in [9.17, 15) is 9.90 Å². The summed E-state index contributed by atoms with van der Waals surface area (Å²) in [6, 6.07) is 12.9. The maximum Gasteiger partial charge on any atom is 0.223 e. The van der Waals surface area contributed by atoms with E-state index in [-0.39, 0.29) is 12.2 Å². The molecule has 0 aliphatic rings. The predicted molar refractivity (Wildman–Crippen MR) is 83.4 cm³/mol. The van der Waals surface area contributed by atoms with E-state index in [2.05, 4.69) is 0 Å². The molecule has 0 saturated carbocycles. The van der Waals surface area contributed by atoms with Crippen molar-refractivity contribution in [1.82, 2.24) is 0 Å². The van der Waals surface area contributed by atoms with E-state index < -0.39 is 9.39 Å². The minimum Gasteiger partial charge on any atom is -0.380 e. The molecule has 2 rings (SSSR count). The molecule has 0 aliphatic heterocycles. The molecule has 106 valence electrons. The Labute approximate surface area is 132 Å². The first-order valence-corrected chi connectivity index (χ1v) is 7.15. The molecule has 0 radical (unpaired) electrons. The van der Waals surface area contributed by atoms with Crippen LogP contribution in [0.2, 0.25) is 0 Å². The predicted octanol–water partition coefficient (Wildman–Crippen LogP) is 4.38. The van der Waals surface area contributed by atoms with Crippen LogP contribution in [0.4, 0.5) is 0 Å². The van der Waals surface area contributed by atoms with Crippen LogP contribution in [0, 0.1) is 0 Å². The molecule has 2 nitrogen and oxygen atoms in total. The van der Waals surface area contributed by atoms with Gasteiger partial charge in [-0.15, -0.1) is 0 Å². The smallest absolute Gasteiger partial charge is 0.223 e. The normalized spacial score (nSPS) is 15.1. The van der Waals surface area contributed by atoms with Gasteiger partial charge >= 0.3 is 0 Å². The second-order valence-corrected chi connectivity index (χ2v) is 7.08. The summed E-state index contributed by atoms with van der Waals surface area (Å²) in [5, 5.41) is 12.6. The van der Waals surface area contributed by atoms with Crippen molar-refractivity contribution in [3.63, 3.8) is 0 Å². The molecule has 1 N–H and O–H groups in total. The number of rotatable bonds is 3. The zero-order chi connectivity index (χ0) is 15.0. The lowest BCUT2D eigenvalue weighted by Crippen LogP contribution is -2.41. The van der Waals surface area contributed by atoms with Crippen LogP contribution in [0.15, 0.2) is 42.5 Å². The van der Waals surface area contributed by atoms with Crippen LogP contribution in [0.3, 0.4) is 0 Å². The van der Waals surface area contributed by atoms with E-state index in [1.807, 2.05) is 30.3 Å². The Morgan fingerprint density at radius 3 is 2.25 bits per heavy atom. The number of fused-ring (bicyclic) bond motifs is 1. The first-order chi connectivity index (χ1) is 9.24. The first-order valence-electron chi connectivity index (χ1n) is 6.02. The molecule has 0 fully saturated rings. The zero-order valence-corrected chi connectivity index (χ0v) is 13.0. The first kappa shape index (κ1) is 15.6. The van der Waals surface area contributed by atoms with E-state index in [1.54, 1.807) is 12.1 Å². The largest absolute Gasteiger partial charge is 0.380 e. The third-order valence-electron chi connectivity index (χ3n) is 3.20.